The van der Waals surface area contributed by atoms with E-state index in [9.17, 15) is 53.3 Å². The predicted molar refractivity (Wildman–Crippen MR) is 144 cm³/mol. The zero-order chi connectivity index (χ0) is 30.0. The minimum Gasteiger partial charge on any atom is -0.748 e. The fourth-order valence-corrected chi connectivity index (χ4v) is 6.10. The molecule has 0 fully saturated rings. The first-order chi connectivity index (χ1) is 17.9. The van der Waals surface area contributed by atoms with Gasteiger partial charge in [-0.25, -0.2) is 25.3 Å². The molecule has 0 bridgehead atoms. The molecule has 0 rings (SSSR count). The maximum Gasteiger partial charge on any atom is 0.492 e. The Morgan fingerprint density at radius 2 is 0.923 bits per heavy atom. The number of unbranched alkanes of at least 4 members (excludes halogenated alkanes) is 4. The molecule has 0 saturated carbocycles. The topological polar surface area (TPSA) is 251 Å². The van der Waals surface area contributed by atoms with Gasteiger partial charge in [0.15, 0.2) is 0 Å². The highest BCUT2D eigenvalue weighted by atomic mass is 32.2. The molecule has 0 aliphatic carbocycles. The lowest BCUT2D eigenvalue weighted by Crippen LogP contribution is -2.41. The van der Waals surface area contributed by atoms with Crippen LogP contribution in [0.4, 0.5) is 0 Å². The van der Waals surface area contributed by atoms with Crippen LogP contribution in [0.2, 0.25) is 6.04 Å². The summed E-state index contributed by atoms with van der Waals surface area (Å²) in [4.78, 5) is 31.8. The first kappa shape index (κ1) is 38.7. The summed E-state index contributed by atoms with van der Waals surface area (Å²) in [5, 5.41) is 3.23. The van der Waals surface area contributed by atoms with Gasteiger partial charge in [0.05, 0.1) is 30.4 Å². The molecule has 0 aliphatic heterocycles. The lowest BCUT2D eigenvalue weighted by molar-refractivity contribution is 0.192. The molecule has 236 valence electrons. The molecule has 0 saturated heterocycles. The van der Waals surface area contributed by atoms with Crippen LogP contribution in [0.15, 0.2) is 0 Å². The van der Waals surface area contributed by atoms with Crippen molar-refractivity contribution in [1.82, 2.24) is 15.1 Å². The molecule has 0 aromatic rings. The molecule has 0 amide bonds. The van der Waals surface area contributed by atoms with Crippen molar-refractivity contribution in [3.8, 4) is 0 Å². The van der Waals surface area contributed by atoms with Crippen molar-refractivity contribution in [2.75, 3.05) is 69.6 Å². The first-order valence-corrected chi connectivity index (χ1v) is 19.8. The van der Waals surface area contributed by atoms with Crippen molar-refractivity contribution in [3.05, 3.63) is 0 Å². The third-order valence-corrected chi connectivity index (χ3v) is 9.20. The normalized spacial score (nSPS) is 13.5. The van der Waals surface area contributed by atoms with E-state index < -0.39 is 50.7 Å². The second kappa shape index (κ2) is 19.8. The summed E-state index contributed by atoms with van der Waals surface area (Å²) in [7, 11) is -17.0. The van der Waals surface area contributed by atoms with Gasteiger partial charge in [-0.3, -0.25) is 0 Å². The lowest BCUT2D eigenvalue weighted by atomic mass is 10.2. The Kier molecular flexibility index (Phi) is 19.6. The fourth-order valence-electron chi connectivity index (χ4n) is 3.79. The first-order valence-electron chi connectivity index (χ1n) is 13.0. The number of hydrogen-bond acceptors (Lipinski definition) is 15. The van der Waals surface area contributed by atoms with Crippen molar-refractivity contribution >= 4 is 39.2 Å². The van der Waals surface area contributed by atoms with Crippen LogP contribution in [0, 0.1) is 0 Å². The zero-order valence-electron chi connectivity index (χ0n) is 22.3. The van der Waals surface area contributed by atoms with Gasteiger partial charge in [-0.05, 0) is 71.1 Å². The summed E-state index contributed by atoms with van der Waals surface area (Å²) in [5.74, 6) is -1.32. The third-order valence-electron chi connectivity index (χ3n) is 5.81. The molecule has 0 spiro atoms. The Bertz CT molecular complexity index is 960. The molecule has 15 nitrogen and oxygen atoms in total. The smallest absolute Gasteiger partial charge is 0.492 e. The molecule has 19 heteroatoms. The van der Waals surface area contributed by atoms with E-state index in [0.717, 1.165) is 0 Å². The van der Waals surface area contributed by atoms with Crippen LogP contribution in [0.5, 0.6) is 0 Å². The summed E-state index contributed by atoms with van der Waals surface area (Å²) >= 11 is 0. The Morgan fingerprint density at radius 3 is 1.36 bits per heavy atom. The monoisotopic (exact) mass is 642 g/mol. The molecule has 0 aromatic carbocycles. The second-order valence-corrected chi connectivity index (χ2v) is 16.2. The Balaban J connectivity index is 4.79. The van der Waals surface area contributed by atoms with Crippen LogP contribution in [-0.2, 0) is 30.4 Å². The van der Waals surface area contributed by atoms with E-state index in [1.807, 2.05) is 4.90 Å². The molecule has 0 heterocycles. The average molecular weight is 643 g/mol. The molecular formula is C20H44N3O12S3Si-3. The number of rotatable bonds is 26. The van der Waals surface area contributed by atoms with Crippen molar-refractivity contribution in [1.29, 1.82) is 0 Å². The van der Waals surface area contributed by atoms with Gasteiger partial charge in [-0.1, -0.05) is 6.42 Å². The van der Waals surface area contributed by atoms with Crippen LogP contribution in [0.1, 0.15) is 51.4 Å². The average Bonchev–Trinajstić information content (AvgIpc) is 2.75. The minimum absolute atomic E-state index is 0.156. The van der Waals surface area contributed by atoms with E-state index >= 15 is 0 Å². The second-order valence-electron chi connectivity index (χ2n) is 9.57. The SMILES string of the molecule is O=S(=O)([O-])CCCCCNCCN(CCCCS(=O)(=O)[O-])CCN(CCCCS(=O)(=O)[O-])CCC[Si](O)(O)O. The van der Waals surface area contributed by atoms with Crippen LogP contribution in [0.3, 0.4) is 0 Å². The van der Waals surface area contributed by atoms with Crippen molar-refractivity contribution in [2.45, 2.75) is 57.4 Å². The van der Waals surface area contributed by atoms with E-state index in [4.69, 9.17) is 0 Å². The van der Waals surface area contributed by atoms with E-state index in [1.54, 1.807) is 0 Å². The van der Waals surface area contributed by atoms with Crippen LogP contribution >= 0.6 is 0 Å². The summed E-state index contributed by atoms with van der Waals surface area (Å²) in [6, 6.07) is -0.156. The standard InChI is InChI=1S/C20H47N3O12S3Si/c24-36(25,26)17-5-1-2-9-21-10-14-23(12-4-7-19-38(30,31)32)16-15-22(13-8-20-39(33,34)35)11-3-6-18-37(27,28)29/h21,33-35H,1-20H2,(H,24,25,26)(H,27,28,29)(H,30,31,32)/p-3. The maximum atomic E-state index is 10.9. The van der Waals surface area contributed by atoms with Gasteiger partial charge in [0.1, 0.15) is 0 Å². The highest BCUT2D eigenvalue weighted by molar-refractivity contribution is 7.86. The van der Waals surface area contributed by atoms with Crippen molar-refractivity contribution in [3.63, 3.8) is 0 Å². The van der Waals surface area contributed by atoms with Gasteiger partial charge in [-0.15, -0.1) is 0 Å². The van der Waals surface area contributed by atoms with Gasteiger partial charge < -0.3 is 43.2 Å². The van der Waals surface area contributed by atoms with Crippen LogP contribution < -0.4 is 5.32 Å². The summed E-state index contributed by atoms with van der Waals surface area (Å²) < 4.78 is 97.1. The van der Waals surface area contributed by atoms with Crippen LogP contribution in [-0.4, -0.2) is 142 Å². The quantitative estimate of drug-likeness (QED) is 0.0446. The zero-order valence-corrected chi connectivity index (χ0v) is 25.7. The molecule has 0 aliphatic rings. The Morgan fingerprint density at radius 1 is 0.513 bits per heavy atom. The largest absolute Gasteiger partial charge is 0.748 e. The van der Waals surface area contributed by atoms with Crippen LogP contribution in [0.25, 0.3) is 0 Å². The van der Waals surface area contributed by atoms with Crippen molar-refractivity contribution in [2.24, 2.45) is 0 Å². The number of nitrogens with one attached hydrogen (secondary N) is 1. The van der Waals surface area contributed by atoms with E-state index in [-0.39, 0.29) is 24.6 Å². The third kappa shape index (κ3) is 30.5. The van der Waals surface area contributed by atoms with E-state index in [2.05, 4.69) is 10.2 Å². The number of nitrogens with zero attached hydrogens (tertiary/aromatic N) is 2. The lowest BCUT2D eigenvalue weighted by Gasteiger charge is -2.28. The van der Waals surface area contributed by atoms with E-state index in [0.29, 0.717) is 90.9 Å². The number of hydrogen-bond donors (Lipinski definition) is 4. The highest BCUT2D eigenvalue weighted by Crippen LogP contribution is 2.07. The Labute approximate surface area is 234 Å². The highest BCUT2D eigenvalue weighted by Gasteiger charge is 2.26. The molecule has 0 aromatic heterocycles. The minimum atomic E-state index is -4.32. The van der Waals surface area contributed by atoms with Gasteiger partial charge >= 0.3 is 8.80 Å². The van der Waals surface area contributed by atoms with Gasteiger partial charge in [-0.2, -0.15) is 0 Å². The fraction of sp³-hybridized carbons (Fsp3) is 1.00. The Hall–Kier alpha value is -0.293. The van der Waals surface area contributed by atoms with Gasteiger partial charge in [0.25, 0.3) is 0 Å². The summed E-state index contributed by atoms with van der Waals surface area (Å²) in [6.45, 7) is 4.19. The molecule has 4 N–H and O–H groups in total. The predicted octanol–water partition coefficient (Wildman–Crippen LogP) is -2.15. The van der Waals surface area contributed by atoms with Crippen molar-refractivity contribution < 1.29 is 53.3 Å². The summed E-state index contributed by atoms with van der Waals surface area (Å²) in [6.07, 6.45) is 3.16. The molecular weight excluding hydrogens is 599 g/mol. The molecule has 0 radical (unpaired) electrons. The van der Waals surface area contributed by atoms with Gasteiger partial charge in [0.2, 0.25) is 0 Å². The maximum absolute atomic E-state index is 10.9. The summed E-state index contributed by atoms with van der Waals surface area (Å²) in [5.41, 5.74) is 0. The van der Waals surface area contributed by atoms with Gasteiger partial charge in [0, 0.05) is 49.5 Å². The van der Waals surface area contributed by atoms with E-state index in [1.165, 1.54) is 0 Å². The molecule has 0 unspecified atom stereocenters. The molecule has 0 atom stereocenters. The molecule has 39 heavy (non-hydrogen) atoms.